The Bertz CT molecular complexity index is 858. The van der Waals surface area contributed by atoms with Gasteiger partial charge in [0.25, 0.3) is 0 Å². The average Bonchev–Trinajstić information content (AvgIpc) is 2.62. The van der Waals surface area contributed by atoms with Crippen molar-refractivity contribution in [3.8, 4) is 12.1 Å². The first-order chi connectivity index (χ1) is 14.4. The van der Waals surface area contributed by atoms with Gasteiger partial charge in [-0.2, -0.15) is 0 Å². The van der Waals surface area contributed by atoms with Crippen LogP contribution in [-0.2, 0) is 21.7 Å². The molecule has 32 heavy (non-hydrogen) atoms. The Morgan fingerprint density at radius 1 is 0.406 bits per heavy atom. The van der Waals surface area contributed by atoms with Gasteiger partial charge in [0.15, 0.2) is 0 Å². The Balaban J connectivity index is 2.32. The van der Waals surface area contributed by atoms with Crippen LogP contribution >= 0.6 is 0 Å². The molecule has 0 atom stereocenters. The highest BCUT2D eigenvalue weighted by Gasteiger charge is 2.21. The molecule has 0 bridgehead atoms. The topological polar surface area (TPSA) is 24.1 Å². The predicted octanol–water partition coefficient (Wildman–Crippen LogP) is 8.32. The maximum atomic E-state index is 3.31. The van der Waals surface area contributed by atoms with Crippen molar-refractivity contribution in [1.29, 1.82) is 0 Å². The number of hydrogen-bond acceptors (Lipinski definition) is 2. The van der Waals surface area contributed by atoms with E-state index in [-0.39, 0.29) is 21.7 Å². The molecule has 2 aromatic rings. The molecule has 2 N–H and O–H groups in total. The second-order valence-corrected chi connectivity index (χ2v) is 13.1. The van der Waals surface area contributed by atoms with E-state index in [4.69, 9.17) is 0 Å². The Hall–Kier alpha value is -2.40. The summed E-state index contributed by atoms with van der Waals surface area (Å²) in [6, 6.07) is 19.7. The van der Waals surface area contributed by atoms with Gasteiger partial charge in [0.05, 0.1) is 0 Å². The van der Waals surface area contributed by atoms with Crippen LogP contribution < -0.4 is 10.6 Å². The Kier molecular flexibility index (Phi) is 7.16. The maximum Gasteiger partial charge on any atom is 0.0465 e. The van der Waals surface area contributed by atoms with Crippen molar-refractivity contribution >= 4 is 11.4 Å². The van der Waals surface area contributed by atoms with E-state index in [1.165, 1.54) is 22.3 Å². The van der Waals surface area contributed by atoms with Crippen molar-refractivity contribution in [3.63, 3.8) is 0 Å². The molecule has 2 aromatic carbocycles. The molecule has 174 valence electrons. The van der Waals surface area contributed by atoms with Crippen LogP contribution in [0.2, 0.25) is 0 Å². The third kappa shape index (κ3) is 7.06. The second kappa shape index (κ2) is 8.86. The molecule has 0 aliphatic carbocycles. The molecule has 0 radical (unpaired) electrons. The molecule has 0 fully saturated rings. The molecule has 0 aromatic heterocycles. The summed E-state index contributed by atoms with van der Waals surface area (Å²) in [7, 11) is 0. The molecule has 0 heterocycles. The molecule has 2 heteroatoms. The highest BCUT2D eigenvalue weighted by atomic mass is 14.9. The van der Waals surface area contributed by atoms with Crippen LogP contribution in [0.5, 0.6) is 0 Å². The zero-order chi connectivity index (χ0) is 24.5. The van der Waals surface area contributed by atoms with E-state index in [0.717, 1.165) is 11.4 Å². The summed E-state index contributed by atoms with van der Waals surface area (Å²) in [4.78, 5) is 0. The summed E-state index contributed by atoms with van der Waals surface area (Å²) in [5.41, 5.74) is 7.67. The lowest BCUT2D eigenvalue weighted by molar-refractivity contribution is 0.568. The SMILES string of the molecule is CC(C)(C)c1cc(NC#CNc2cc(C(C)(C)C)cc(C(C)(C)C)c2)cc(C(C)(C)C)c1. The Morgan fingerprint density at radius 3 is 0.812 bits per heavy atom. The zero-order valence-corrected chi connectivity index (χ0v) is 22.5. The fourth-order valence-corrected chi connectivity index (χ4v) is 3.34. The fraction of sp³-hybridized carbons (Fsp3) is 0.533. The predicted molar refractivity (Wildman–Crippen MR) is 143 cm³/mol. The summed E-state index contributed by atoms with van der Waals surface area (Å²) < 4.78 is 0. The summed E-state index contributed by atoms with van der Waals surface area (Å²) in [5, 5.41) is 6.61. The molecule has 2 rings (SSSR count). The van der Waals surface area contributed by atoms with Gasteiger partial charge in [-0.15, -0.1) is 0 Å². The molecule has 0 spiro atoms. The minimum absolute atomic E-state index is 0.0835. The largest absolute Gasteiger partial charge is 0.313 e. The van der Waals surface area contributed by atoms with Crippen LogP contribution in [0.1, 0.15) is 105 Å². The van der Waals surface area contributed by atoms with Crippen molar-refractivity contribution in [1.82, 2.24) is 0 Å². The minimum atomic E-state index is 0.0835. The van der Waals surface area contributed by atoms with Gasteiger partial charge in [-0.3, -0.25) is 0 Å². The summed E-state index contributed by atoms with van der Waals surface area (Å²) in [6.45, 7) is 27.0. The second-order valence-electron chi connectivity index (χ2n) is 13.1. The van der Waals surface area contributed by atoms with Crippen molar-refractivity contribution in [2.24, 2.45) is 0 Å². The highest BCUT2D eigenvalue weighted by Crippen LogP contribution is 2.33. The van der Waals surface area contributed by atoms with Gasteiger partial charge in [-0.1, -0.05) is 95.2 Å². The molecular weight excluding hydrogens is 388 g/mol. The zero-order valence-electron chi connectivity index (χ0n) is 22.5. The lowest BCUT2D eigenvalue weighted by Gasteiger charge is -2.26. The molecule has 0 saturated heterocycles. The molecule has 0 aliphatic rings. The van der Waals surface area contributed by atoms with Crippen LogP contribution in [0.4, 0.5) is 11.4 Å². The van der Waals surface area contributed by atoms with E-state index >= 15 is 0 Å². The molecular formula is C30H44N2. The van der Waals surface area contributed by atoms with Gasteiger partial charge >= 0.3 is 0 Å². The average molecular weight is 433 g/mol. The fourth-order valence-electron chi connectivity index (χ4n) is 3.34. The third-order valence-electron chi connectivity index (χ3n) is 5.81. The first-order valence-electron chi connectivity index (χ1n) is 11.7. The summed E-state index contributed by atoms with van der Waals surface area (Å²) in [6.07, 6.45) is 0. The van der Waals surface area contributed by atoms with Crippen LogP contribution in [-0.4, -0.2) is 0 Å². The van der Waals surface area contributed by atoms with E-state index < -0.39 is 0 Å². The first kappa shape index (κ1) is 25.9. The van der Waals surface area contributed by atoms with E-state index in [0.29, 0.717) is 0 Å². The molecule has 0 aliphatic heterocycles. The van der Waals surface area contributed by atoms with Crippen molar-refractivity contribution in [2.45, 2.75) is 105 Å². The van der Waals surface area contributed by atoms with Crippen LogP contribution in [0, 0.1) is 12.1 Å². The quantitative estimate of drug-likeness (QED) is 0.368. The van der Waals surface area contributed by atoms with Crippen molar-refractivity contribution in [2.75, 3.05) is 10.6 Å². The smallest absolute Gasteiger partial charge is 0.0465 e. The molecule has 0 unspecified atom stereocenters. The van der Waals surface area contributed by atoms with Gasteiger partial charge in [0.2, 0.25) is 0 Å². The third-order valence-corrected chi connectivity index (χ3v) is 5.81. The lowest BCUT2D eigenvalue weighted by atomic mass is 9.80. The lowest BCUT2D eigenvalue weighted by Crippen LogP contribution is -2.17. The number of nitrogens with one attached hydrogen (secondary N) is 2. The number of hydrogen-bond donors (Lipinski definition) is 2. The van der Waals surface area contributed by atoms with Crippen molar-refractivity contribution in [3.05, 3.63) is 58.7 Å². The van der Waals surface area contributed by atoms with Crippen molar-refractivity contribution < 1.29 is 0 Å². The van der Waals surface area contributed by atoms with Gasteiger partial charge in [-0.25, -0.2) is 0 Å². The standard InChI is InChI=1S/C30H44N2/c1-27(2,3)21-15-22(28(4,5)6)18-25(17-21)31-13-14-32-26-19-23(29(7,8)9)16-24(20-26)30(10,11)12/h15-20,31-32H,1-12H3. The van der Waals surface area contributed by atoms with Gasteiger partial charge in [0, 0.05) is 23.5 Å². The minimum Gasteiger partial charge on any atom is -0.313 e. The Morgan fingerprint density at radius 2 is 0.625 bits per heavy atom. The van der Waals surface area contributed by atoms with Crippen LogP contribution in [0.25, 0.3) is 0 Å². The molecule has 0 saturated carbocycles. The monoisotopic (exact) mass is 432 g/mol. The van der Waals surface area contributed by atoms with E-state index in [1.54, 1.807) is 0 Å². The molecule has 0 amide bonds. The number of rotatable bonds is 2. The molecule has 2 nitrogen and oxygen atoms in total. The van der Waals surface area contributed by atoms with Gasteiger partial charge in [-0.05, 0) is 68.2 Å². The first-order valence-corrected chi connectivity index (χ1v) is 11.7. The number of benzene rings is 2. The van der Waals surface area contributed by atoms with Gasteiger partial charge < -0.3 is 10.6 Å². The summed E-state index contributed by atoms with van der Waals surface area (Å²) in [5.74, 6) is 0. The maximum absolute atomic E-state index is 3.31. The van der Waals surface area contributed by atoms with E-state index in [1.807, 2.05) is 0 Å². The Labute approximate surface area is 197 Å². The van der Waals surface area contributed by atoms with Crippen LogP contribution in [0.3, 0.4) is 0 Å². The normalized spacial score (nSPS) is 12.8. The van der Waals surface area contributed by atoms with Crippen LogP contribution in [0.15, 0.2) is 36.4 Å². The van der Waals surface area contributed by atoms with E-state index in [2.05, 4.69) is 142 Å². The van der Waals surface area contributed by atoms with E-state index in [9.17, 15) is 0 Å². The highest BCUT2D eigenvalue weighted by molar-refractivity contribution is 5.58. The summed E-state index contributed by atoms with van der Waals surface area (Å²) >= 11 is 0. The van der Waals surface area contributed by atoms with Gasteiger partial charge in [0.1, 0.15) is 0 Å². The number of anilines is 2.